The van der Waals surface area contributed by atoms with E-state index in [0.717, 1.165) is 36.1 Å². The van der Waals surface area contributed by atoms with Crippen molar-refractivity contribution in [2.75, 3.05) is 13.2 Å². The molecule has 0 bridgehead atoms. The van der Waals surface area contributed by atoms with Gasteiger partial charge in [0.1, 0.15) is 11.3 Å². The third-order valence-corrected chi connectivity index (χ3v) is 3.48. The van der Waals surface area contributed by atoms with E-state index in [2.05, 4.69) is 38.2 Å². The Hall–Kier alpha value is -1.32. The van der Waals surface area contributed by atoms with E-state index in [1.165, 1.54) is 0 Å². The predicted molar refractivity (Wildman–Crippen MR) is 83.0 cm³/mol. The molecule has 0 amide bonds. The molecule has 1 aromatic heterocycles. The fourth-order valence-corrected chi connectivity index (χ4v) is 2.41. The van der Waals surface area contributed by atoms with Crippen molar-refractivity contribution in [3.63, 3.8) is 0 Å². The fraction of sp³-hybridized carbons (Fsp3) is 0.529. The maximum atomic E-state index is 5.93. The zero-order valence-electron chi connectivity index (χ0n) is 12.7. The van der Waals surface area contributed by atoms with Gasteiger partial charge in [0.2, 0.25) is 0 Å². The topological polar surface area (TPSA) is 34.4 Å². The largest absolute Gasteiger partial charge is 0.459 e. The van der Waals surface area contributed by atoms with Crippen LogP contribution in [-0.4, -0.2) is 19.3 Å². The quantitative estimate of drug-likeness (QED) is 0.780. The number of ether oxygens (including phenoxy) is 1. The lowest BCUT2D eigenvalue weighted by molar-refractivity contribution is 0.0408. The lowest BCUT2D eigenvalue weighted by Gasteiger charge is -2.19. The smallest absolute Gasteiger partial charge is 0.134 e. The summed E-state index contributed by atoms with van der Waals surface area (Å²) in [7, 11) is 0. The van der Waals surface area contributed by atoms with E-state index in [0.29, 0.717) is 12.7 Å². The SMILES string of the molecule is CCCC(C)OCC(NCC)c1cc2ccccc2o1. The Morgan fingerprint density at radius 1 is 1.25 bits per heavy atom. The molecule has 0 saturated carbocycles. The van der Waals surface area contributed by atoms with Gasteiger partial charge in [0.25, 0.3) is 0 Å². The first-order chi connectivity index (χ1) is 9.74. The minimum Gasteiger partial charge on any atom is -0.459 e. The second kappa shape index (κ2) is 7.46. The summed E-state index contributed by atoms with van der Waals surface area (Å²) >= 11 is 0. The van der Waals surface area contributed by atoms with Crippen LogP contribution in [-0.2, 0) is 4.74 Å². The molecular weight excluding hydrogens is 250 g/mol. The molecule has 2 aromatic rings. The van der Waals surface area contributed by atoms with Gasteiger partial charge in [-0.15, -0.1) is 0 Å². The molecule has 3 heteroatoms. The summed E-state index contributed by atoms with van der Waals surface area (Å²) in [6, 6.07) is 10.3. The normalized spacial score (nSPS) is 14.6. The lowest BCUT2D eigenvalue weighted by Crippen LogP contribution is -2.26. The predicted octanol–water partition coefficient (Wildman–Crippen LogP) is 4.29. The number of hydrogen-bond acceptors (Lipinski definition) is 3. The first kappa shape index (κ1) is 15.1. The third-order valence-electron chi connectivity index (χ3n) is 3.48. The van der Waals surface area contributed by atoms with Crippen LogP contribution in [0.15, 0.2) is 34.7 Å². The van der Waals surface area contributed by atoms with Crippen LogP contribution in [0.5, 0.6) is 0 Å². The summed E-state index contributed by atoms with van der Waals surface area (Å²) < 4.78 is 11.9. The molecule has 110 valence electrons. The summed E-state index contributed by atoms with van der Waals surface area (Å²) in [6.07, 6.45) is 2.54. The Morgan fingerprint density at radius 2 is 2.05 bits per heavy atom. The van der Waals surface area contributed by atoms with E-state index in [1.807, 2.05) is 18.2 Å². The molecule has 3 nitrogen and oxygen atoms in total. The number of para-hydroxylation sites is 1. The molecule has 1 aromatic carbocycles. The molecule has 0 saturated heterocycles. The van der Waals surface area contributed by atoms with Gasteiger partial charge in [0.05, 0.1) is 18.8 Å². The van der Waals surface area contributed by atoms with Gasteiger partial charge in [-0.1, -0.05) is 38.5 Å². The van der Waals surface area contributed by atoms with Crippen molar-refractivity contribution in [1.82, 2.24) is 5.32 Å². The first-order valence-corrected chi connectivity index (χ1v) is 7.58. The van der Waals surface area contributed by atoms with E-state index in [4.69, 9.17) is 9.15 Å². The first-order valence-electron chi connectivity index (χ1n) is 7.58. The van der Waals surface area contributed by atoms with Crippen molar-refractivity contribution in [2.24, 2.45) is 0 Å². The van der Waals surface area contributed by atoms with Crippen molar-refractivity contribution in [3.8, 4) is 0 Å². The standard InChI is InChI=1S/C17H25NO2/c1-4-8-13(3)19-12-15(18-5-2)17-11-14-9-6-7-10-16(14)20-17/h6-7,9-11,13,15,18H,4-5,8,12H2,1-3H3. The van der Waals surface area contributed by atoms with E-state index in [9.17, 15) is 0 Å². The maximum Gasteiger partial charge on any atom is 0.134 e. The fourth-order valence-electron chi connectivity index (χ4n) is 2.41. The number of likely N-dealkylation sites (N-methyl/N-ethyl adjacent to an activating group) is 1. The van der Waals surface area contributed by atoms with E-state index >= 15 is 0 Å². The monoisotopic (exact) mass is 275 g/mol. The van der Waals surface area contributed by atoms with Gasteiger partial charge in [-0.3, -0.25) is 0 Å². The number of fused-ring (bicyclic) bond motifs is 1. The molecule has 2 rings (SSSR count). The van der Waals surface area contributed by atoms with Crippen LogP contribution in [0.25, 0.3) is 11.0 Å². The van der Waals surface area contributed by atoms with Gasteiger partial charge in [-0.2, -0.15) is 0 Å². The molecule has 1 N–H and O–H groups in total. The third kappa shape index (κ3) is 3.84. The van der Waals surface area contributed by atoms with Crippen molar-refractivity contribution in [2.45, 2.75) is 45.8 Å². The zero-order chi connectivity index (χ0) is 14.4. The zero-order valence-corrected chi connectivity index (χ0v) is 12.7. The van der Waals surface area contributed by atoms with Crippen LogP contribution in [0.2, 0.25) is 0 Å². The minimum absolute atomic E-state index is 0.117. The lowest BCUT2D eigenvalue weighted by atomic mass is 10.2. The summed E-state index contributed by atoms with van der Waals surface area (Å²) in [5, 5.41) is 4.58. The van der Waals surface area contributed by atoms with Crippen molar-refractivity contribution >= 4 is 11.0 Å². The average molecular weight is 275 g/mol. The van der Waals surface area contributed by atoms with Gasteiger partial charge in [0.15, 0.2) is 0 Å². The molecule has 0 radical (unpaired) electrons. The van der Waals surface area contributed by atoms with Gasteiger partial charge in [-0.05, 0) is 32.0 Å². The molecule has 1 heterocycles. The summed E-state index contributed by atoms with van der Waals surface area (Å²) in [6.45, 7) is 7.96. The molecule has 2 unspecified atom stereocenters. The number of furan rings is 1. The van der Waals surface area contributed by atoms with Gasteiger partial charge < -0.3 is 14.5 Å². The number of nitrogens with one attached hydrogen (secondary N) is 1. The Labute approximate surface area is 121 Å². The van der Waals surface area contributed by atoms with Gasteiger partial charge >= 0.3 is 0 Å². The molecule has 0 fully saturated rings. The van der Waals surface area contributed by atoms with E-state index in [1.54, 1.807) is 0 Å². The highest BCUT2D eigenvalue weighted by molar-refractivity contribution is 5.77. The molecule has 20 heavy (non-hydrogen) atoms. The van der Waals surface area contributed by atoms with E-state index < -0.39 is 0 Å². The van der Waals surface area contributed by atoms with Crippen molar-refractivity contribution < 1.29 is 9.15 Å². The molecular formula is C17H25NO2. The summed E-state index contributed by atoms with van der Waals surface area (Å²) in [5.41, 5.74) is 0.937. The van der Waals surface area contributed by atoms with Crippen molar-refractivity contribution in [3.05, 3.63) is 36.1 Å². The molecule has 0 aliphatic carbocycles. The summed E-state index contributed by atoms with van der Waals surface area (Å²) in [5.74, 6) is 0.955. The van der Waals surface area contributed by atoms with Crippen LogP contribution in [0.4, 0.5) is 0 Å². The summed E-state index contributed by atoms with van der Waals surface area (Å²) in [4.78, 5) is 0. The Balaban J connectivity index is 2.07. The second-order valence-corrected chi connectivity index (χ2v) is 5.23. The molecule has 0 aliphatic heterocycles. The van der Waals surface area contributed by atoms with Crippen LogP contribution in [0, 0.1) is 0 Å². The Kier molecular flexibility index (Phi) is 5.62. The molecule has 0 spiro atoms. The second-order valence-electron chi connectivity index (χ2n) is 5.23. The Morgan fingerprint density at radius 3 is 2.75 bits per heavy atom. The van der Waals surface area contributed by atoms with Crippen LogP contribution < -0.4 is 5.32 Å². The maximum absolute atomic E-state index is 5.93. The minimum atomic E-state index is 0.117. The number of hydrogen-bond donors (Lipinski definition) is 1. The molecule has 2 atom stereocenters. The van der Waals surface area contributed by atoms with Crippen molar-refractivity contribution in [1.29, 1.82) is 0 Å². The van der Waals surface area contributed by atoms with Crippen LogP contribution in [0.3, 0.4) is 0 Å². The van der Waals surface area contributed by atoms with Crippen LogP contribution >= 0.6 is 0 Å². The highest BCUT2D eigenvalue weighted by Gasteiger charge is 2.16. The van der Waals surface area contributed by atoms with Crippen LogP contribution in [0.1, 0.15) is 45.4 Å². The molecule has 0 aliphatic rings. The van der Waals surface area contributed by atoms with Gasteiger partial charge in [0, 0.05) is 5.39 Å². The number of rotatable bonds is 8. The highest BCUT2D eigenvalue weighted by Crippen LogP contribution is 2.24. The van der Waals surface area contributed by atoms with E-state index in [-0.39, 0.29) is 6.04 Å². The highest BCUT2D eigenvalue weighted by atomic mass is 16.5. The number of benzene rings is 1. The Bertz CT molecular complexity index is 487. The van der Waals surface area contributed by atoms with Gasteiger partial charge in [-0.25, -0.2) is 0 Å². The average Bonchev–Trinajstić information content (AvgIpc) is 2.87.